The Morgan fingerprint density at radius 1 is 1.22 bits per heavy atom. The van der Waals surface area contributed by atoms with Crippen LogP contribution in [0.5, 0.6) is 5.88 Å². The first kappa shape index (κ1) is 12.4. The van der Waals surface area contributed by atoms with E-state index in [1.54, 1.807) is 0 Å². The Balaban J connectivity index is 2.37. The smallest absolute Gasteiger partial charge is 0.216 e. The second-order valence-corrected chi connectivity index (χ2v) is 3.55. The lowest BCUT2D eigenvalue weighted by Gasteiger charge is -2.11. The van der Waals surface area contributed by atoms with Crippen molar-refractivity contribution in [3.63, 3.8) is 0 Å². The molecule has 1 atom stereocenters. The van der Waals surface area contributed by atoms with Gasteiger partial charge < -0.3 is 9.84 Å². The summed E-state index contributed by atoms with van der Waals surface area (Å²) >= 11 is 0. The molecule has 94 valence electrons. The minimum absolute atomic E-state index is 0.0582. The standard InChI is InChI=1S/C12H10F2N2O2/c1-18-11-5-10(15-6-16-11)12(17)8-3-2-7(13)4-9(8)14/h2-6,12,17H,1H3. The van der Waals surface area contributed by atoms with Crippen LogP contribution in [0.3, 0.4) is 0 Å². The quantitative estimate of drug-likeness (QED) is 0.905. The molecule has 2 aromatic rings. The lowest BCUT2D eigenvalue weighted by Crippen LogP contribution is -2.06. The Bertz CT molecular complexity index is 564. The summed E-state index contributed by atoms with van der Waals surface area (Å²) in [7, 11) is 1.41. The summed E-state index contributed by atoms with van der Waals surface area (Å²) in [6.45, 7) is 0. The molecule has 0 amide bonds. The summed E-state index contributed by atoms with van der Waals surface area (Å²) in [6.07, 6.45) is -0.110. The van der Waals surface area contributed by atoms with Gasteiger partial charge in [0.05, 0.1) is 12.8 Å². The van der Waals surface area contributed by atoms with Crippen molar-refractivity contribution in [2.45, 2.75) is 6.10 Å². The first-order chi connectivity index (χ1) is 8.61. The van der Waals surface area contributed by atoms with Crippen molar-refractivity contribution in [2.24, 2.45) is 0 Å². The minimum atomic E-state index is -1.30. The van der Waals surface area contributed by atoms with E-state index in [0.717, 1.165) is 6.07 Å². The molecule has 1 aromatic carbocycles. The zero-order chi connectivity index (χ0) is 13.1. The average molecular weight is 252 g/mol. The number of rotatable bonds is 3. The molecule has 1 aromatic heterocycles. The zero-order valence-corrected chi connectivity index (χ0v) is 9.47. The van der Waals surface area contributed by atoms with Gasteiger partial charge in [0.25, 0.3) is 0 Å². The van der Waals surface area contributed by atoms with E-state index in [-0.39, 0.29) is 17.1 Å². The molecule has 0 spiro atoms. The molecule has 2 rings (SSSR count). The normalized spacial score (nSPS) is 12.2. The minimum Gasteiger partial charge on any atom is -0.481 e. The van der Waals surface area contributed by atoms with Crippen molar-refractivity contribution < 1.29 is 18.6 Å². The molecule has 0 bridgehead atoms. The van der Waals surface area contributed by atoms with Gasteiger partial charge in [0.2, 0.25) is 5.88 Å². The summed E-state index contributed by atoms with van der Waals surface area (Å²) in [5.41, 5.74) is 0.115. The largest absolute Gasteiger partial charge is 0.481 e. The van der Waals surface area contributed by atoms with Crippen LogP contribution in [0.15, 0.2) is 30.6 Å². The number of aromatic nitrogens is 2. The maximum absolute atomic E-state index is 13.5. The molecule has 0 aliphatic rings. The summed E-state index contributed by atoms with van der Waals surface area (Å²) in [6, 6.07) is 4.33. The molecule has 0 aliphatic heterocycles. The topological polar surface area (TPSA) is 55.2 Å². The van der Waals surface area contributed by atoms with Crippen LogP contribution in [0.25, 0.3) is 0 Å². The number of aliphatic hydroxyl groups excluding tert-OH is 1. The Morgan fingerprint density at radius 2 is 2.00 bits per heavy atom. The van der Waals surface area contributed by atoms with Gasteiger partial charge in [-0.05, 0) is 6.07 Å². The van der Waals surface area contributed by atoms with E-state index < -0.39 is 17.7 Å². The van der Waals surface area contributed by atoms with Gasteiger partial charge in [-0.2, -0.15) is 0 Å². The van der Waals surface area contributed by atoms with Crippen LogP contribution < -0.4 is 4.74 Å². The summed E-state index contributed by atoms with van der Waals surface area (Å²) in [5.74, 6) is -1.29. The van der Waals surface area contributed by atoms with E-state index in [9.17, 15) is 13.9 Å². The molecule has 0 aliphatic carbocycles. The Morgan fingerprint density at radius 3 is 2.67 bits per heavy atom. The lowest BCUT2D eigenvalue weighted by molar-refractivity contribution is 0.208. The van der Waals surface area contributed by atoms with Gasteiger partial charge in [-0.3, -0.25) is 0 Å². The van der Waals surface area contributed by atoms with Crippen LogP contribution >= 0.6 is 0 Å². The van der Waals surface area contributed by atoms with E-state index in [1.807, 2.05) is 0 Å². The summed E-state index contributed by atoms with van der Waals surface area (Å²) in [5, 5.41) is 9.98. The van der Waals surface area contributed by atoms with Gasteiger partial charge in [-0.1, -0.05) is 6.07 Å². The number of ether oxygens (including phenoxy) is 1. The third-order valence-electron chi connectivity index (χ3n) is 2.41. The third-order valence-corrected chi connectivity index (χ3v) is 2.41. The van der Waals surface area contributed by atoms with Crippen LogP contribution in [0.1, 0.15) is 17.4 Å². The molecule has 0 fully saturated rings. The molecular formula is C12H10F2N2O2. The highest BCUT2D eigenvalue weighted by molar-refractivity contribution is 5.29. The van der Waals surface area contributed by atoms with Gasteiger partial charge in [0, 0.05) is 17.7 Å². The first-order valence-electron chi connectivity index (χ1n) is 5.10. The number of benzene rings is 1. The highest BCUT2D eigenvalue weighted by Crippen LogP contribution is 2.24. The maximum atomic E-state index is 13.5. The SMILES string of the molecule is COc1cc(C(O)c2ccc(F)cc2F)ncn1. The fraction of sp³-hybridized carbons (Fsp3) is 0.167. The van der Waals surface area contributed by atoms with Crippen LogP contribution in [0, 0.1) is 11.6 Å². The second-order valence-electron chi connectivity index (χ2n) is 3.55. The molecular weight excluding hydrogens is 242 g/mol. The van der Waals surface area contributed by atoms with E-state index in [0.29, 0.717) is 6.07 Å². The van der Waals surface area contributed by atoms with Crippen molar-refractivity contribution in [3.05, 3.63) is 53.5 Å². The van der Waals surface area contributed by atoms with Crippen LogP contribution in [-0.2, 0) is 0 Å². The average Bonchev–Trinajstić information content (AvgIpc) is 2.38. The van der Waals surface area contributed by atoms with Crippen LogP contribution in [0.4, 0.5) is 8.78 Å². The van der Waals surface area contributed by atoms with Gasteiger partial charge >= 0.3 is 0 Å². The van der Waals surface area contributed by atoms with Gasteiger partial charge in [-0.25, -0.2) is 18.7 Å². The van der Waals surface area contributed by atoms with Gasteiger partial charge in [0.1, 0.15) is 24.1 Å². The predicted octanol–water partition coefficient (Wildman–Crippen LogP) is 1.85. The fourth-order valence-electron chi connectivity index (χ4n) is 1.50. The van der Waals surface area contributed by atoms with E-state index in [4.69, 9.17) is 4.74 Å². The summed E-state index contributed by atoms with van der Waals surface area (Å²) < 4.78 is 31.1. The fourth-order valence-corrected chi connectivity index (χ4v) is 1.50. The monoisotopic (exact) mass is 252 g/mol. The number of aliphatic hydroxyl groups is 1. The van der Waals surface area contributed by atoms with Gasteiger partial charge in [-0.15, -0.1) is 0 Å². The molecule has 1 heterocycles. The second kappa shape index (κ2) is 5.05. The Hall–Kier alpha value is -2.08. The highest BCUT2D eigenvalue weighted by atomic mass is 19.1. The molecule has 4 nitrogen and oxygen atoms in total. The Kier molecular flexibility index (Phi) is 3.47. The van der Waals surface area contributed by atoms with E-state index in [2.05, 4.69) is 9.97 Å². The summed E-state index contributed by atoms with van der Waals surface area (Å²) in [4.78, 5) is 7.60. The molecule has 0 radical (unpaired) electrons. The van der Waals surface area contributed by atoms with Crippen molar-refractivity contribution >= 4 is 0 Å². The highest BCUT2D eigenvalue weighted by Gasteiger charge is 2.17. The molecule has 6 heteroatoms. The number of methoxy groups -OCH3 is 1. The molecule has 1 N–H and O–H groups in total. The van der Waals surface area contributed by atoms with Crippen molar-refractivity contribution in [1.29, 1.82) is 0 Å². The van der Waals surface area contributed by atoms with Crippen molar-refractivity contribution in [1.82, 2.24) is 9.97 Å². The maximum Gasteiger partial charge on any atom is 0.216 e. The first-order valence-corrected chi connectivity index (χ1v) is 5.10. The molecule has 1 unspecified atom stereocenters. The molecule has 0 saturated carbocycles. The molecule has 18 heavy (non-hydrogen) atoms. The predicted molar refractivity (Wildman–Crippen MR) is 59.0 cm³/mol. The number of halogens is 2. The van der Waals surface area contributed by atoms with E-state index in [1.165, 1.54) is 25.6 Å². The zero-order valence-electron chi connectivity index (χ0n) is 9.47. The van der Waals surface area contributed by atoms with Crippen LogP contribution in [-0.4, -0.2) is 22.2 Å². The van der Waals surface area contributed by atoms with E-state index >= 15 is 0 Å². The van der Waals surface area contributed by atoms with Crippen molar-refractivity contribution in [2.75, 3.05) is 7.11 Å². The van der Waals surface area contributed by atoms with Crippen molar-refractivity contribution in [3.8, 4) is 5.88 Å². The molecule has 0 saturated heterocycles. The lowest BCUT2D eigenvalue weighted by atomic mass is 10.1. The number of hydrogen-bond donors (Lipinski definition) is 1. The van der Waals surface area contributed by atoms with Crippen LogP contribution in [0.2, 0.25) is 0 Å². The number of nitrogens with zero attached hydrogens (tertiary/aromatic N) is 2. The number of hydrogen-bond acceptors (Lipinski definition) is 4. The van der Waals surface area contributed by atoms with Gasteiger partial charge in [0.15, 0.2) is 0 Å². The Labute approximate surface area is 102 Å². The third kappa shape index (κ3) is 2.43.